The van der Waals surface area contributed by atoms with Crippen molar-refractivity contribution in [1.29, 1.82) is 0 Å². The summed E-state index contributed by atoms with van der Waals surface area (Å²) in [7, 11) is 0. The first-order valence-electron chi connectivity index (χ1n) is 9.36. The van der Waals surface area contributed by atoms with Gasteiger partial charge in [-0.15, -0.1) is 0 Å². The number of nitrogens with one attached hydrogen (secondary N) is 4. The van der Waals surface area contributed by atoms with E-state index in [2.05, 4.69) is 10.6 Å². The maximum Gasteiger partial charge on any atom is 0.279 e. The summed E-state index contributed by atoms with van der Waals surface area (Å²) in [5.41, 5.74) is 0.243. The molecule has 0 spiro atoms. The molecule has 2 aromatic rings. The van der Waals surface area contributed by atoms with Crippen LogP contribution in [0.15, 0.2) is 42.5 Å². The number of hydrogen-bond donors (Lipinski definition) is 4. The highest BCUT2D eigenvalue weighted by Crippen LogP contribution is 2.14. The SMILES string of the molecule is O=C(C[NH+]1CC[NH+](CC(=O)Nc2cc(F)ccc2F)CC1)Nc1cccc(F)c1. The highest BCUT2D eigenvalue weighted by molar-refractivity contribution is 5.92. The van der Waals surface area contributed by atoms with Crippen LogP contribution >= 0.6 is 0 Å². The van der Waals surface area contributed by atoms with Crippen LogP contribution < -0.4 is 20.4 Å². The van der Waals surface area contributed by atoms with Gasteiger partial charge in [-0.05, 0) is 30.3 Å². The highest BCUT2D eigenvalue weighted by Gasteiger charge is 2.26. The van der Waals surface area contributed by atoms with Crippen LogP contribution in [-0.2, 0) is 9.59 Å². The van der Waals surface area contributed by atoms with Gasteiger partial charge >= 0.3 is 0 Å². The summed E-state index contributed by atoms with van der Waals surface area (Å²) < 4.78 is 40.0. The van der Waals surface area contributed by atoms with Crippen molar-refractivity contribution in [3.8, 4) is 0 Å². The summed E-state index contributed by atoms with van der Waals surface area (Å²) in [5, 5.41) is 5.07. The predicted octanol–water partition coefficient (Wildman–Crippen LogP) is -0.535. The summed E-state index contributed by atoms with van der Waals surface area (Å²) in [6.07, 6.45) is 0. The number of benzene rings is 2. The fraction of sp³-hybridized carbons (Fsp3) is 0.300. The van der Waals surface area contributed by atoms with Crippen molar-refractivity contribution in [2.24, 2.45) is 0 Å². The van der Waals surface area contributed by atoms with Gasteiger partial charge in [0.1, 0.15) is 43.6 Å². The number of piperazine rings is 1. The van der Waals surface area contributed by atoms with Gasteiger partial charge in [0.2, 0.25) is 0 Å². The van der Waals surface area contributed by atoms with Gasteiger partial charge in [-0.2, -0.15) is 0 Å². The van der Waals surface area contributed by atoms with E-state index in [9.17, 15) is 22.8 Å². The molecule has 29 heavy (non-hydrogen) atoms. The molecule has 1 aliphatic heterocycles. The van der Waals surface area contributed by atoms with Crippen molar-refractivity contribution in [3.05, 3.63) is 59.9 Å². The van der Waals surface area contributed by atoms with Gasteiger partial charge < -0.3 is 20.4 Å². The second kappa shape index (κ2) is 9.53. The molecule has 0 atom stereocenters. The number of carbonyl (C=O) groups is 2. The minimum absolute atomic E-state index is 0.138. The standard InChI is InChI=1S/C20H21F3N4O2/c21-14-2-1-3-16(10-14)24-19(28)12-26-6-8-27(9-7-26)13-20(29)25-18-11-15(22)4-5-17(18)23/h1-5,10-11H,6-9,12-13H2,(H,24,28)(H,25,29)/p+2. The number of carbonyl (C=O) groups excluding carboxylic acids is 2. The van der Waals surface area contributed by atoms with Crippen molar-refractivity contribution in [1.82, 2.24) is 0 Å². The molecule has 0 radical (unpaired) electrons. The Labute approximate surface area is 166 Å². The largest absolute Gasteiger partial charge is 0.321 e. The normalized spacial score (nSPS) is 18.9. The van der Waals surface area contributed by atoms with Gasteiger partial charge in [0.25, 0.3) is 11.8 Å². The Morgan fingerprint density at radius 3 is 2.00 bits per heavy atom. The molecule has 2 aromatic carbocycles. The van der Waals surface area contributed by atoms with E-state index in [-0.39, 0.29) is 24.7 Å². The molecule has 1 fully saturated rings. The van der Waals surface area contributed by atoms with E-state index >= 15 is 0 Å². The molecule has 154 valence electrons. The molecule has 0 bridgehead atoms. The lowest BCUT2D eigenvalue weighted by atomic mass is 10.2. The molecule has 6 nitrogen and oxygen atoms in total. The second-order valence-electron chi connectivity index (χ2n) is 7.08. The van der Waals surface area contributed by atoms with Crippen LogP contribution in [0.2, 0.25) is 0 Å². The predicted molar refractivity (Wildman–Crippen MR) is 101 cm³/mol. The fourth-order valence-corrected chi connectivity index (χ4v) is 3.32. The van der Waals surface area contributed by atoms with Crippen LogP contribution in [0.5, 0.6) is 0 Å². The zero-order chi connectivity index (χ0) is 20.8. The van der Waals surface area contributed by atoms with E-state index < -0.39 is 23.4 Å². The van der Waals surface area contributed by atoms with Gasteiger partial charge in [0.15, 0.2) is 13.1 Å². The van der Waals surface area contributed by atoms with E-state index in [1.165, 1.54) is 18.2 Å². The zero-order valence-corrected chi connectivity index (χ0v) is 15.7. The highest BCUT2D eigenvalue weighted by atomic mass is 19.1. The van der Waals surface area contributed by atoms with Gasteiger partial charge in [-0.25, -0.2) is 13.2 Å². The molecule has 9 heteroatoms. The van der Waals surface area contributed by atoms with Gasteiger partial charge in [-0.3, -0.25) is 9.59 Å². The van der Waals surface area contributed by atoms with Crippen LogP contribution in [0.1, 0.15) is 0 Å². The van der Waals surface area contributed by atoms with E-state index in [1.54, 1.807) is 6.07 Å². The molecule has 0 unspecified atom stereocenters. The number of amides is 2. The van der Waals surface area contributed by atoms with Crippen LogP contribution in [-0.4, -0.2) is 51.1 Å². The third kappa shape index (κ3) is 6.30. The summed E-state index contributed by atoms with van der Waals surface area (Å²) in [6, 6.07) is 8.62. The number of rotatable bonds is 6. The first-order chi connectivity index (χ1) is 13.9. The van der Waals surface area contributed by atoms with Gasteiger partial charge in [0, 0.05) is 11.8 Å². The maximum absolute atomic E-state index is 13.6. The first kappa shape index (κ1) is 20.8. The quantitative estimate of drug-likeness (QED) is 0.519. The smallest absolute Gasteiger partial charge is 0.279 e. The summed E-state index contributed by atoms with van der Waals surface area (Å²) in [6.45, 7) is 3.10. The Balaban J connectivity index is 1.41. The fourth-order valence-electron chi connectivity index (χ4n) is 3.32. The Bertz CT molecular complexity index is 886. The first-order valence-corrected chi connectivity index (χ1v) is 9.36. The average molecular weight is 408 g/mol. The Morgan fingerprint density at radius 1 is 0.793 bits per heavy atom. The number of halogens is 3. The molecule has 2 amide bonds. The van der Waals surface area contributed by atoms with Crippen molar-refractivity contribution < 1.29 is 32.6 Å². The van der Waals surface area contributed by atoms with Crippen molar-refractivity contribution in [3.63, 3.8) is 0 Å². The van der Waals surface area contributed by atoms with Gasteiger partial charge in [0.05, 0.1) is 5.69 Å². The lowest BCUT2D eigenvalue weighted by Gasteiger charge is -2.29. The molecule has 1 heterocycles. The Morgan fingerprint density at radius 2 is 1.38 bits per heavy atom. The molecule has 4 N–H and O–H groups in total. The molecule has 1 saturated heterocycles. The molecule has 1 aliphatic rings. The van der Waals surface area contributed by atoms with Crippen molar-refractivity contribution in [2.45, 2.75) is 0 Å². The van der Waals surface area contributed by atoms with E-state index in [0.29, 0.717) is 31.9 Å². The zero-order valence-electron chi connectivity index (χ0n) is 15.7. The van der Waals surface area contributed by atoms with E-state index in [1.807, 2.05) is 0 Å². The summed E-state index contributed by atoms with van der Waals surface area (Å²) >= 11 is 0. The van der Waals surface area contributed by atoms with Crippen LogP contribution in [0.25, 0.3) is 0 Å². The molecule has 0 aromatic heterocycles. The van der Waals surface area contributed by atoms with E-state index in [4.69, 9.17) is 0 Å². The molecular weight excluding hydrogens is 385 g/mol. The number of quaternary nitrogens is 2. The van der Waals surface area contributed by atoms with Crippen molar-refractivity contribution in [2.75, 3.05) is 49.9 Å². The number of hydrogen-bond acceptors (Lipinski definition) is 2. The third-order valence-corrected chi connectivity index (χ3v) is 4.80. The monoisotopic (exact) mass is 408 g/mol. The van der Waals surface area contributed by atoms with Crippen LogP contribution in [0.4, 0.5) is 24.5 Å². The minimum atomic E-state index is -0.687. The second-order valence-corrected chi connectivity index (χ2v) is 7.08. The Hall–Kier alpha value is -2.91. The summed E-state index contributed by atoms with van der Waals surface area (Å²) in [4.78, 5) is 26.3. The molecular formula is C20H23F3N4O2+2. The maximum atomic E-state index is 13.6. The lowest BCUT2D eigenvalue weighted by molar-refractivity contribution is -1.00. The lowest BCUT2D eigenvalue weighted by Crippen LogP contribution is -3.28. The third-order valence-electron chi connectivity index (χ3n) is 4.80. The van der Waals surface area contributed by atoms with E-state index in [0.717, 1.165) is 28.0 Å². The average Bonchev–Trinajstić information content (AvgIpc) is 2.66. The molecule has 0 saturated carbocycles. The van der Waals surface area contributed by atoms with Crippen LogP contribution in [0.3, 0.4) is 0 Å². The summed E-state index contributed by atoms with van der Waals surface area (Å²) in [5.74, 6) is -2.31. The van der Waals surface area contributed by atoms with Crippen molar-refractivity contribution >= 4 is 23.2 Å². The molecule has 0 aliphatic carbocycles. The minimum Gasteiger partial charge on any atom is -0.321 e. The number of anilines is 2. The Kier molecular flexibility index (Phi) is 6.84. The topological polar surface area (TPSA) is 67.1 Å². The molecule has 3 rings (SSSR count). The van der Waals surface area contributed by atoms with Crippen LogP contribution in [0, 0.1) is 17.5 Å². The van der Waals surface area contributed by atoms with Gasteiger partial charge in [-0.1, -0.05) is 6.07 Å².